The first-order chi connectivity index (χ1) is 8.04. The Labute approximate surface area is 101 Å². The average molecular weight is 236 g/mol. The maximum Gasteiger partial charge on any atom is 0.149 e. The predicted molar refractivity (Wildman–Crippen MR) is 68.4 cm³/mol. The summed E-state index contributed by atoms with van der Waals surface area (Å²) in [6.45, 7) is 10.1. The van der Waals surface area contributed by atoms with E-state index in [1.165, 1.54) is 6.07 Å². The van der Waals surface area contributed by atoms with Gasteiger partial charge in [-0.1, -0.05) is 12.7 Å². The molecule has 0 radical (unpaired) electrons. The standard InChI is InChI=1S/C13H17FN2O/c1-4-5-16-10(3)8-17-13-7-11(14)12(15)6-9(13)2/h4,6-7,16H,1,3,5,8,15H2,2H3. The number of nitrogens with one attached hydrogen (secondary N) is 1. The Morgan fingerprint density at radius 1 is 1.59 bits per heavy atom. The van der Waals surface area contributed by atoms with Crippen LogP contribution in [0.3, 0.4) is 0 Å². The highest BCUT2D eigenvalue weighted by atomic mass is 19.1. The highest BCUT2D eigenvalue weighted by molar-refractivity contribution is 5.48. The Kier molecular flexibility index (Phi) is 4.57. The van der Waals surface area contributed by atoms with Crippen LogP contribution in [-0.4, -0.2) is 13.2 Å². The first-order valence-corrected chi connectivity index (χ1v) is 5.25. The molecule has 92 valence electrons. The summed E-state index contributed by atoms with van der Waals surface area (Å²) in [5.74, 6) is -0.00600. The quantitative estimate of drug-likeness (QED) is 0.589. The fourth-order valence-corrected chi connectivity index (χ4v) is 1.27. The second-order valence-electron chi connectivity index (χ2n) is 3.70. The highest BCUT2D eigenvalue weighted by Gasteiger charge is 2.06. The molecule has 0 fully saturated rings. The summed E-state index contributed by atoms with van der Waals surface area (Å²) in [7, 11) is 0. The summed E-state index contributed by atoms with van der Waals surface area (Å²) in [6, 6.07) is 2.83. The van der Waals surface area contributed by atoms with Crippen LogP contribution >= 0.6 is 0 Å². The first-order valence-electron chi connectivity index (χ1n) is 5.25. The zero-order valence-electron chi connectivity index (χ0n) is 9.92. The van der Waals surface area contributed by atoms with Crippen molar-refractivity contribution in [2.45, 2.75) is 6.92 Å². The summed E-state index contributed by atoms with van der Waals surface area (Å²) in [6.07, 6.45) is 1.72. The van der Waals surface area contributed by atoms with Gasteiger partial charge in [-0.05, 0) is 18.6 Å². The van der Waals surface area contributed by atoms with Gasteiger partial charge in [0.15, 0.2) is 0 Å². The Morgan fingerprint density at radius 3 is 2.94 bits per heavy atom. The SMILES string of the molecule is C=CCNC(=C)COc1cc(F)c(N)cc1C. The number of hydrogen-bond donors (Lipinski definition) is 2. The largest absolute Gasteiger partial charge is 0.487 e. The van der Waals surface area contributed by atoms with Gasteiger partial charge in [-0.25, -0.2) is 4.39 Å². The molecule has 3 nitrogen and oxygen atoms in total. The van der Waals surface area contributed by atoms with Crippen molar-refractivity contribution in [3.05, 3.63) is 48.4 Å². The van der Waals surface area contributed by atoms with Crippen LogP contribution in [0.5, 0.6) is 5.75 Å². The molecule has 0 spiro atoms. The molecule has 1 rings (SSSR count). The van der Waals surface area contributed by atoms with E-state index in [1.807, 2.05) is 6.92 Å². The van der Waals surface area contributed by atoms with E-state index in [-0.39, 0.29) is 12.3 Å². The zero-order chi connectivity index (χ0) is 12.8. The smallest absolute Gasteiger partial charge is 0.149 e. The van der Waals surface area contributed by atoms with E-state index in [0.29, 0.717) is 18.0 Å². The molecular formula is C13H17FN2O. The van der Waals surface area contributed by atoms with Gasteiger partial charge in [-0.15, -0.1) is 6.58 Å². The summed E-state index contributed by atoms with van der Waals surface area (Å²) < 4.78 is 18.7. The van der Waals surface area contributed by atoms with Gasteiger partial charge >= 0.3 is 0 Å². The van der Waals surface area contributed by atoms with E-state index in [2.05, 4.69) is 18.5 Å². The van der Waals surface area contributed by atoms with Gasteiger partial charge < -0.3 is 15.8 Å². The van der Waals surface area contributed by atoms with Crippen LogP contribution in [0.4, 0.5) is 10.1 Å². The maximum atomic E-state index is 13.2. The normalized spacial score (nSPS) is 9.76. The van der Waals surface area contributed by atoms with Gasteiger partial charge in [-0.3, -0.25) is 0 Å². The molecule has 0 aliphatic rings. The molecule has 0 bridgehead atoms. The van der Waals surface area contributed by atoms with Gasteiger partial charge in [0, 0.05) is 18.3 Å². The van der Waals surface area contributed by atoms with E-state index >= 15 is 0 Å². The fraction of sp³-hybridized carbons (Fsp3) is 0.231. The van der Waals surface area contributed by atoms with E-state index in [1.54, 1.807) is 12.1 Å². The zero-order valence-corrected chi connectivity index (χ0v) is 9.92. The molecule has 3 N–H and O–H groups in total. The topological polar surface area (TPSA) is 47.3 Å². The molecular weight excluding hydrogens is 219 g/mol. The molecule has 1 aromatic carbocycles. The van der Waals surface area contributed by atoms with Gasteiger partial charge in [-0.2, -0.15) is 0 Å². The average Bonchev–Trinajstić information content (AvgIpc) is 2.29. The lowest BCUT2D eigenvalue weighted by Gasteiger charge is -2.12. The molecule has 0 aliphatic carbocycles. The molecule has 0 saturated heterocycles. The van der Waals surface area contributed by atoms with E-state index in [9.17, 15) is 4.39 Å². The number of halogens is 1. The Hall–Kier alpha value is -1.97. The van der Waals surface area contributed by atoms with Crippen molar-refractivity contribution in [1.29, 1.82) is 0 Å². The number of nitrogens with two attached hydrogens (primary N) is 1. The lowest BCUT2D eigenvalue weighted by Crippen LogP contribution is -2.18. The number of nitrogen functional groups attached to an aromatic ring is 1. The van der Waals surface area contributed by atoms with E-state index < -0.39 is 5.82 Å². The lowest BCUT2D eigenvalue weighted by atomic mass is 10.2. The fourth-order valence-electron chi connectivity index (χ4n) is 1.27. The molecule has 17 heavy (non-hydrogen) atoms. The van der Waals surface area contributed by atoms with Crippen LogP contribution in [0.15, 0.2) is 37.1 Å². The van der Waals surface area contributed by atoms with Crippen molar-refractivity contribution >= 4 is 5.69 Å². The van der Waals surface area contributed by atoms with Crippen molar-refractivity contribution in [3.63, 3.8) is 0 Å². The van der Waals surface area contributed by atoms with Crippen LogP contribution < -0.4 is 15.8 Å². The number of ether oxygens (including phenoxy) is 1. The minimum Gasteiger partial charge on any atom is -0.487 e. The summed E-state index contributed by atoms with van der Waals surface area (Å²) >= 11 is 0. The first kappa shape index (κ1) is 13.1. The molecule has 4 heteroatoms. The van der Waals surface area contributed by atoms with Crippen LogP contribution in [0.2, 0.25) is 0 Å². The molecule has 0 saturated carbocycles. The molecule has 0 aromatic heterocycles. The highest BCUT2D eigenvalue weighted by Crippen LogP contribution is 2.23. The molecule has 0 amide bonds. The maximum absolute atomic E-state index is 13.2. The van der Waals surface area contributed by atoms with Crippen molar-refractivity contribution < 1.29 is 9.13 Å². The van der Waals surface area contributed by atoms with Crippen LogP contribution in [0.1, 0.15) is 5.56 Å². The number of rotatable bonds is 6. The molecule has 0 heterocycles. The van der Waals surface area contributed by atoms with Crippen LogP contribution in [0.25, 0.3) is 0 Å². The molecule has 0 atom stereocenters. The van der Waals surface area contributed by atoms with E-state index in [4.69, 9.17) is 10.5 Å². The van der Waals surface area contributed by atoms with Crippen LogP contribution in [-0.2, 0) is 0 Å². The monoisotopic (exact) mass is 236 g/mol. The van der Waals surface area contributed by atoms with Crippen molar-refractivity contribution in [3.8, 4) is 5.75 Å². The van der Waals surface area contributed by atoms with Gasteiger partial charge in [0.1, 0.15) is 18.2 Å². The Bertz CT molecular complexity index is 430. The Balaban J connectivity index is 2.60. The van der Waals surface area contributed by atoms with Gasteiger partial charge in [0.25, 0.3) is 0 Å². The van der Waals surface area contributed by atoms with Crippen molar-refractivity contribution in [2.24, 2.45) is 0 Å². The van der Waals surface area contributed by atoms with Crippen molar-refractivity contribution in [1.82, 2.24) is 5.32 Å². The van der Waals surface area contributed by atoms with Crippen molar-refractivity contribution in [2.75, 3.05) is 18.9 Å². The molecule has 0 unspecified atom stereocenters. The minimum absolute atomic E-state index is 0.124. The third kappa shape index (κ3) is 3.83. The van der Waals surface area contributed by atoms with Gasteiger partial charge in [0.2, 0.25) is 0 Å². The number of hydrogen-bond acceptors (Lipinski definition) is 3. The van der Waals surface area contributed by atoms with Gasteiger partial charge in [0.05, 0.1) is 5.69 Å². The third-order valence-corrected chi connectivity index (χ3v) is 2.19. The lowest BCUT2D eigenvalue weighted by molar-refractivity contribution is 0.340. The Morgan fingerprint density at radius 2 is 2.29 bits per heavy atom. The van der Waals surface area contributed by atoms with Crippen LogP contribution in [0, 0.1) is 12.7 Å². The summed E-state index contributed by atoms with van der Waals surface area (Å²) in [5.41, 5.74) is 7.07. The summed E-state index contributed by atoms with van der Waals surface area (Å²) in [5, 5.41) is 2.99. The number of benzene rings is 1. The van der Waals surface area contributed by atoms with E-state index in [0.717, 1.165) is 5.56 Å². The number of anilines is 1. The third-order valence-electron chi connectivity index (χ3n) is 2.19. The molecule has 1 aromatic rings. The predicted octanol–water partition coefficient (Wildman–Crippen LogP) is 2.38. The molecule has 0 aliphatic heterocycles. The number of aryl methyl sites for hydroxylation is 1. The minimum atomic E-state index is -0.477. The second-order valence-corrected chi connectivity index (χ2v) is 3.70. The second kappa shape index (κ2) is 5.94. The summed E-state index contributed by atoms with van der Waals surface area (Å²) in [4.78, 5) is 0.